The molecule has 0 aromatic heterocycles. The quantitative estimate of drug-likeness (QED) is 0.776. The van der Waals surface area contributed by atoms with Crippen LogP contribution in [0.3, 0.4) is 0 Å². The van der Waals surface area contributed by atoms with Crippen molar-refractivity contribution in [2.75, 3.05) is 11.4 Å². The monoisotopic (exact) mass is 271 g/mol. The molecule has 90 valence electrons. The molecule has 5 heteroatoms. The van der Waals surface area contributed by atoms with Gasteiger partial charge in [0.1, 0.15) is 5.78 Å². The van der Waals surface area contributed by atoms with E-state index in [4.69, 9.17) is 23.2 Å². The van der Waals surface area contributed by atoms with E-state index in [0.717, 1.165) is 0 Å². The molecule has 0 radical (unpaired) electrons. The number of nitrogens with zero attached hydrogens (tertiary/aromatic N) is 1. The summed E-state index contributed by atoms with van der Waals surface area (Å²) in [6, 6.07) is 5.02. The van der Waals surface area contributed by atoms with Gasteiger partial charge in [-0.1, -0.05) is 23.2 Å². The molecule has 0 bridgehead atoms. The number of hydrogen-bond acceptors (Lipinski definition) is 2. The molecule has 1 fully saturated rings. The first-order valence-corrected chi connectivity index (χ1v) is 6.03. The molecule has 3 nitrogen and oxygen atoms in total. The van der Waals surface area contributed by atoms with E-state index in [0.29, 0.717) is 28.7 Å². The molecular formula is C12H11Cl2NO2. The Hall–Kier alpha value is -1.06. The lowest BCUT2D eigenvalue weighted by molar-refractivity contribution is -0.129. The van der Waals surface area contributed by atoms with Crippen LogP contribution < -0.4 is 4.90 Å². The summed E-state index contributed by atoms with van der Waals surface area (Å²) in [5.74, 6) is -0.752. The highest BCUT2D eigenvalue weighted by Gasteiger charge is 2.35. The minimum absolute atomic E-state index is 0.0856. The molecule has 1 amide bonds. The van der Waals surface area contributed by atoms with Crippen molar-refractivity contribution in [1.29, 1.82) is 0 Å². The van der Waals surface area contributed by atoms with Crippen LogP contribution in [0.15, 0.2) is 18.2 Å². The number of Topliss-reactive ketones (excluding diaryl/α,β-unsaturated/α-hetero) is 1. The molecule has 17 heavy (non-hydrogen) atoms. The zero-order valence-electron chi connectivity index (χ0n) is 9.24. The van der Waals surface area contributed by atoms with Gasteiger partial charge in [0, 0.05) is 12.2 Å². The zero-order chi connectivity index (χ0) is 12.6. The summed E-state index contributed by atoms with van der Waals surface area (Å²) in [4.78, 5) is 24.8. The van der Waals surface area contributed by atoms with Gasteiger partial charge in [-0.15, -0.1) is 0 Å². The lowest BCUT2D eigenvalue weighted by Gasteiger charge is -2.16. The highest BCUT2D eigenvalue weighted by atomic mass is 35.5. The minimum atomic E-state index is -0.510. The van der Waals surface area contributed by atoms with E-state index in [1.54, 1.807) is 23.1 Å². The summed E-state index contributed by atoms with van der Waals surface area (Å²) in [6.07, 6.45) is 0.564. The zero-order valence-corrected chi connectivity index (χ0v) is 10.8. The number of anilines is 1. The second-order valence-corrected chi connectivity index (χ2v) is 4.85. The molecule has 0 spiro atoms. The minimum Gasteiger partial charge on any atom is -0.312 e. The van der Waals surface area contributed by atoms with Crippen molar-refractivity contribution in [3.63, 3.8) is 0 Å². The normalized spacial score (nSPS) is 19.8. The third-order valence-corrected chi connectivity index (χ3v) is 3.65. The largest absolute Gasteiger partial charge is 0.312 e. The van der Waals surface area contributed by atoms with Gasteiger partial charge in [0.05, 0.1) is 16.0 Å². The van der Waals surface area contributed by atoms with Gasteiger partial charge in [0.25, 0.3) is 0 Å². The molecule has 1 unspecified atom stereocenters. The maximum absolute atomic E-state index is 12.0. The Bertz CT molecular complexity index is 487. The van der Waals surface area contributed by atoms with E-state index in [9.17, 15) is 9.59 Å². The predicted octanol–water partition coefficient (Wildman–Crippen LogP) is 2.94. The summed E-state index contributed by atoms with van der Waals surface area (Å²) >= 11 is 11.7. The van der Waals surface area contributed by atoms with Gasteiger partial charge in [-0.05, 0) is 31.5 Å². The number of carbonyl (C=O) groups excluding carboxylic acids is 2. The highest BCUT2D eigenvalue weighted by Crippen LogP contribution is 2.31. The van der Waals surface area contributed by atoms with E-state index < -0.39 is 5.92 Å². The topological polar surface area (TPSA) is 37.4 Å². The van der Waals surface area contributed by atoms with Crippen LogP contribution in [0.2, 0.25) is 10.0 Å². The second-order valence-electron chi connectivity index (χ2n) is 4.04. The van der Waals surface area contributed by atoms with Crippen LogP contribution in [0, 0.1) is 5.92 Å². The molecule has 0 aliphatic carbocycles. The van der Waals surface area contributed by atoms with E-state index in [1.165, 1.54) is 6.92 Å². The Morgan fingerprint density at radius 1 is 1.35 bits per heavy atom. The van der Waals surface area contributed by atoms with E-state index in [-0.39, 0.29) is 11.7 Å². The molecular weight excluding hydrogens is 261 g/mol. The molecule has 0 saturated carbocycles. The van der Waals surface area contributed by atoms with E-state index in [1.807, 2.05) is 0 Å². The molecule has 1 aliphatic heterocycles. The van der Waals surface area contributed by atoms with Crippen LogP contribution in [0.5, 0.6) is 0 Å². The molecule has 1 aromatic carbocycles. The van der Waals surface area contributed by atoms with Gasteiger partial charge in [-0.2, -0.15) is 0 Å². The Kier molecular flexibility index (Phi) is 3.40. The summed E-state index contributed by atoms with van der Waals surface area (Å²) in [7, 11) is 0. The maximum atomic E-state index is 12.0. The summed E-state index contributed by atoms with van der Waals surface area (Å²) in [6.45, 7) is 1.99. The number of ketones is 1. The lowest BCUT2D eigenvalue weighted by Crippen LogP contribution is -2.29. The maximum Gasteiger partial charge on any atom is 0.237 e. The van der Waals surface area contributed by atoms with Gasteiger partial charge >= 0.3 is 0 Å². The van der Waals surface area contributed by atoms with Crippen molar-refractivity contribution in [3.05, 3.63) is 28.2 Å². The first-order chi connectivity index (χ1) is 8.00. The fourth-order valence-electron chi connectivity index (χ4n) is 1.97. The molecule has 1 saturated heterocycles. The van der Waals surface area contributed by atoms with E-state index >= 15 is 0 Å². The number of carbonyl (C=O) groups is 2. The van der Waals surface area contributed by atoms with Crippen LogP contribution >= 0.6 is 23.2 Å². The Morgan fingerprint density at radius 2 is 2.06 bits per heavy atom. The van der Waals surface area contributed by atoms with Crippen molar-refractivity contribution < 1.29 is 9.59 Å². The number of benzene rings is 1. The van der Waals surface area contributed by atoms with Crippen LogP contribution in [-0.2, 0) is 9.59 Å². The van der Waals surface area contributed by atoms with Crippen LogP contribution in [0.4, 0.5) is 5.69 Å². The van der Waals surface area contributed by atoms with Gasteiger partial charge < -0.3 is 4.90 Å². The lowest BCUT2D eigenvalue weighted by atomic mass is 10.0. The summed E-state index contributed by atoms with van der Waals surface area (Å²) < 4.78 is 0. The van der Waals surface area contributed by atoms with Gasteiger partial charge in [-0.3, -0.25) is 9.59 Å². The smallest absolute Gasteiger partial charge is 0.237 e. The third-order valence-electron chi connectivity index (χ3n) is 2.91. The molecule has 2 rings (SSSR count). The van der Waals surface area contributed by atoms with Crippen LogP contribution in [0.1, 0.15) is 13.3 Å². The first-order valence-electron chi connectivity index (χ1n) is 5.27. The number of halogens is 2. The van der Waals surface area contributed by atoms with Crippen molar-refractivity contribution in [2.24, 2.45) is 5.92 Å². The van der Waals surface area contributed by atoms with Crippen molar-refractivity contribution in [1.82, 2.24) is 0 Å². The Morgan fingerprint density at radius 3 is 2.59 bits per heavy atom. The number of hydrogen-bond donors (Lipinski definition) is 0. The second kappa shape index (κ2) is 4.67. The molecule has 1 aromatic rings. The fourth-order valence-corrected chi connectivity index (χ4v) is 2.26. The van der Waals surface area contributed by atoms with Crippen molar-refractivity contribution in [2.45, 2.75) is 13.3 Å². The average molecular weight is 272 g/mol. The molecule has 1 heterocycles. The van der Waals surface area contributed by atoms with Gasteiger partial charge in [0.2, 0.25) is 5.91 Å². The highest BCUT2D eigenvalue weighted by molar-refractivity contribution is 6.42. The fraction of sp³-hybridized carbons (Fsp3) is 0.333. The number of amides is 1. The van der Waals surface area contributed by atoms with Crippen molar-refractivity contribution in [3.8, 4) is 0 Å². The SMILES string of the molecule is CC(=O)C1CCN(c2ccc(Cl)c(Cl)c2)C1=O. The van der Waals surface area contributed by atoms with Crippen LogP contribution in [-0.4, -0.2) is 18.2 Å². The van der Waals surface area contributed by atoms with Gasteiger partial charge in [0.15, 0.2) is 0 Å². The third kappa shape index (κ3) is 2.31. The number of rotatable bonds is 2. The van der Waals surface area contributed by atoms with E-state index in [2.05, 4.69) is 0 Å². The predicted molar refractivity (Wildman–Crippen MR) is 67.6 cm³/mol. The molecule has 1 atom stereocenters. The van der Waals surface area contributed by atoms with Gasteiger partial charge in [-0.25, -0.2) is 0 Å². The average Bonchev–Trinajstić information content (AvgIpc) is 2.64. The van der Waals surface area contributed by atoms with Crippen molar-refractivity contribution >= 4 is 40.6 Å². The summed E-state index contributed by atoms with van der Waals surface area (Å²) in [5, 5.41) is 0.855. The standard InChI is InChI=1S/C12H11Cl2NO2/c1-7(16)9-4-5-15(12(9)17)8-2-3-10(13)11(14)6-8/h2-3,6,9H,4-5H2,1H3. The molecule has 1 aliphatic rings. The summed E-state index contributed by atoms with van der Waals surface area (Å²) in [5.41, 5.74) is 0.688. The first kappa shape index (κ1) is 12.4. The Labute approximate surface area is 109 Å². The molecule has 0 N–H and O–H groups in total. The Balaban J connectivity index is 2.27. The van der Waals surface area contributed by atoms with Crippen LogP contribution in [0.25, 0.3) is 0 Å².